The molecule has 0 aliphatic heterocycles. The SMILES string of the molecule is CCCCCCCCCCCCOC1=C(c2ccc(Br)s2)C(=N)C(N)=C(c2ccc(Br)s2)C1=O. The molecule has 0 spiro atoms. The normalized spacial score (nSPS) is 14.4. The summed E-state index contributed by atoms with van der Waals surface area (Å²) in [6.45, 7) is 2.71. The van der Waals surface area contributed by atoms with Crippen LogP contribution in [-0.2, 0) is 9.53 Å². The fourth-order valence-electron chi connectivity index (χ4n) is 4.00. The molecular formula is C26H32Br2N2O2S2. The molecular weight excluding hydrogens is 596 g/mol. The minimum absolute atomic E-state index is 0.145. The summed E-state index contributed by atoms with van der Waals surface area (Å²) in [7, 11) is 0. The van der Waals surface area contributed by atoms with Crippen molar-refractivity contribution in [2.45, 2.75) is 71.1 Å². The highest BCUT2D eigenvalue weighted by Crippen LogP contribution is 2.40. The molecule has 0 saturated heterocycles. The van der Waals surface area contributed by atoms with Crippen LogP contribution in [0.2, 0.25) is 0 Å². The summed E-state index contributed by atoms with van der Waals surface area (Å²) >= 11 is 9.84. The minimum atomic E-state index is -0.241. The maximum atomic E-state index is 13.6. The largest absolute Gasteiger partial charge is 0.489 e. The predicted molar refractivity (Wildman–Crippen MR) is 153 cm³/mol. The zero-order chi connectivity index (χ0) is 24.5. The van der Waals surface area contributed by atoms with Crippen molar-refractivity contribution in [3.8, 4) is 0 Å². The van der Waals surface area contributed by atoms with Crippen molar-refractivity contribution in [2.24, 2.45) is 5.73 Å². The van der Waals surface area contributed by atoms with Crippen LogP contribution < -0.4 is 5.73 Å². The number of nitrogens with two attached hydrogens (primary N) is 1. The molecule has 3 rings (SSSR count). The van der Waals surface area contributed by atoms with Gasteiger partial charge in [-0.15, -0.1) is 22.7 Å². The summed E-state index contributed by atoms with van der Waals surface area (Å²) in [6.07, 6.45) is 12.4. The van der Waals surface area contributed by atoms with Gasteiger partial charge in [-0.2, -0.15) is 0 Å². The van der Waals surface area contributed by atoms with Gasteiger partial charge in [-0.3, -0.25) is 10.2 Å². The van der Waals surface area contributed by atoms with Gasteiger partial charge in [0, 0.05) is 9.75 Å². The van der Waals surface area contributed by atoms with E-state index in [0.29, 0.717) is 17.8 Å². The van der Waals surface area contributed by atoms with Gasteiger partial charge in [0.15, 0.2) is 5.76 Å². The van der Waals surface area contributed by atoms with Crippen LogP contribution >= 0.6 is 54.5 Å². The Morgan fingerprint density at radius 2 is 1.32 bits per heavy atom. The number of nitrogens with one attached hydrogen (secondary N) is 1. The average Bonchev–Trinajstić information content (AvgIpc) is 3.43. The van der Waals surface area contributed by atoms with Crippen molar-refractivity contribution in [1.29, 1.82) is 5.41 Å². The van der Waals surface area contributed by atoms with Gasteiger partial charge in [0.05, 0.1) is 36.7 Å². The summed E-state index contributed by atoms with van der Waals surface area (Å²) in [4.78, 5) is 15.1. The summed E-state index contributed by atoms with van der Waals surface area (Å²) in [5.41, 5.74) is 7.53. The first-order chi connectivity index (χ1) is 16.4. The highest BCUT2D eigenvalue weighted by atomic mass is 79.9. The van der Waals surface area contributed by atoms with Gasteiger partial charge >= 0.3 is 0 Å². The van der Waals surface area contributed by atoms with Crippen LogP contribution in [0.5, 0.6) is 0 Å². The lowest BCUT2D eigenvalue weighted by molar-refractivity contribution is -0.113. The minimum Gasteiger partial charge on any atom is -0.489 e. The number of halogens is 2. The highest BCUT2D eigenvalue weighted by Gasteiger charge is 2.35. The molecule has 4 nitrogen and oxygen atoms in total. The summed E-state index contributed by atoms with van der Waals surface area (Å²) in [6, 6.07) is 7.55. The molecule has 1 aliphatic rings. The second kappa shape index (κ2) is 13.8. The van der Waals surface area contributed by atoms with Crippen molar-refractivity contribution in [1.82, 2.24) is 0 Å². The first kappa shape index (κ1) is 27.4. The van der Waals surface area contributed by atoms with Crippen LogP contribution in [0.1, 0.15) is 80.9 Å². The number of hydrogen-bond acceptors (Lipinski definition) is 6. The van der Waals surface area contributed by atoms with E-state index in [-0.39, 0.29) is 23.0 Å². The molecule has 0 bridgehead atoms. The molecule has 3 N–H and O–H groups in total. The third-order valence-corrected chi connectivity index (χ3v) is 9.11. The Morgan fingerprint density at radius 3 is 1.82 bits per heavy atom. The van der Waals surface area contributed by atoms with Gasteiger partial charge in [0.25, 0.3) is 0 Å². The van der Waals surface area contributed by atoms with E-state index in [4.69, 9.17) is 15.9 Å². The Bertz CT molecular complexity index is 1070. The highest BCUT2D eigenvalue weighted by molar-refractivity contribution is 9.11. The second-order valence-corrected chi connectivity index (χ2v) is 13.4. The third kappa shape index (κ3) is 7.15. The topological polar surface area (TPSA) is 76.2 Å². The van der Waals surface area contributed by atoms with Crippen LogP contribution in [0, 0.1) is 5.41 Å². The molecule has 2 aromatic rings. The van der Waals surface area contributed by atoms with Gasteiger partial charge in [-0.25, -0.2) is 0 Å². The standard InChI is InChI=1S/C26H32Br2N2O2S2/c1-2-3-4-5-6-7-8-9-10-11-16-32-26-22(18-13-15-20(28)34-18)24(30)23(29)21(25(26)31)17-12-14-19(27)33-17/h12-15,30H,2-11,16,29H2,1H3. The van der Waals surface area contributed by atoms with Crippen molar-refractivity contribution in [3.05, 3.63) is 53.0 Å². The van der Waals surface area contributed by atoms with Crippen LogP contribution in [0.15, 0.2) is 43.3 Å². The molecule has 0 atom stereocenters. The van der Waals surface area contributed by atoms with Gasteiger partial charge in [-0.1, -0.05) is 64.7 Å². The smallest absolute Gasteiger partial charge is 0.231 e. The molecule has 184 valence electrons. The molecule has 0 aromatic carbocycles. The fourth-order valence-corrected chi connectivity index (χ4v) is 6.88. The quantitative estimate of drug-likeness (QED) is 0.162. The Balaban J connectivity index is 1.64. The molecule has 0 unspecified atom stereocenters. The molecule has 0 fully saturated rings. The lowest BCUT2D eigenvalue weighted by Crippen LogP contribution is -2.27. The Hall–Kier alpha value is -1.22. The Labute approximate surface area is 227 Å². The third-order valence-electron chi connectivity index (χ3n) is 5.83. The van der Waals surface area contributed by atoms with Crippen LogP contribution in [0.3, 0.4) is 0 Å². The molecule has 2 heterocycles. The van der Waals surface area contributed by atoms with Gasteiger partial charge in [-0.05, 0) is 62.5 Å². The van der Waals surface area contributed by atoms with Crippen LogP contribution in [0.4, 0.5) is 0 Å². The first-order valence-corrected chi connectivity index (χ1v) is 15.2. The van der Waals surface area contributed by atoms with E-state index in [9.17, 15) is 4.79 Å². The van der Waals surface area contributed by atoms with Gasteiger partial charge in [0.2, 0.25) is 5.78 Å². The van der Waals surface area contributed by atoms with Crippen LogP contribution in [0.25, 0.3) is 11.1 Å². The number of unbranched alkanes of at least 4 members (excludes halogenated alkanes) is 9. The van der Waals surface area contributed by atoms with E-state index in [0.717, 1.165) is 30.2 Å². The lowest BCUT2D eigenvalue weighted by atomic mass is 9.90. The number of Topliss-reactive ketones (excluding diaryl/α,β-unsaturated/α-hetero) is 1. The summed E-state index contributed by atoms with van der Waals surface area (Å²) in [5, 5.41) is 8.77. The molecule has 1 aliphatic carbocycles. The molecule has 8 heteroatoms. The van der Waals surface area contributed by atoms with Crippen molar-refractivity contribution < 1.29 is 9.53 Å². The second-order valence-electron chi connectivity index (χ2n) is 8.43. The van der Waals surface area contributed by atoms with E-state index in [2.05, 4.69) is 38.8 Å². The van der Waals surface area contributed by atoms with E-state index >= 15 is 0 Å². The van der Waals surface area contributed by atoms with Crippen molar-refractivity contribution >= 4 is 77.2 Å². The zero-order valence-electron chi connectivity index (χ0n) is 19.6. The van der Waals surface area contributed by atoms with E-state index < -0.39 is 0 Å². The Morgan fingerprint density at radius 1 is 0.824 bits per heavy atom. The van der Waals surface area contributed by atoms with E-state index in [1.807, 2.05) is 24.3 Å². The molecule has 0 amide bonds. The number of carbonyl (C=O) groups excluding carboxylic acids is 1. The van der Waals surface area contributed by atoms with Crippen LogP contribution in [-0.4, -0.2) is 18.1 Å². The van der Waals surface area contributed by atoms with Crippen molar-refractivity contribution in [2.75, 3.05) is 6.61 Å². The summed E-state index contributed by atoms with van der Waals surface area (Å²) in [5.74, 6) is -0.00144. The lowest BCUT2D eigenvalue weighted by Gasteiger charge is -2.23. The monoisotopic (exact) mass is 626 g/mol. The predicted octanol–water partition coefficient (Wildman–Crippen LogP) is 8.96. The maximum Gasteiger partial charge on any atom is 0.231 e. The number of ether oxygens (including phenoxy) is 1. The number of ketones is 1. The zero-order valence-corrected chi connectivity index (χ0v) is 24.4. The molecule has 0 saturated carbocycles. The van der Waals surface area contributed by atoms with Crippen molar-refractivity contribution in [3.63, 3.8) is 0 Å². The summed E-state index contributed by atoms with van der Waals surface area (Å²) < 4.78 is 7.94. The number of allylic oxidation sites excluding steroid dienone is 2. The number of carbonyl (C=O) groups is 1. The number of thiophene rings is 2. The van der Waals surface area contributed by atoms with E-state index in [1.165, 1.54) is 74.0 Å². The average molecular weight is 628 g/mol. The number of rotatable bonds is 14. The van der Waals surface area contributed by atoms with Gasteiger partial charge in [0.1, 0.15) is 0 Å². The fraction of sp³-hybridized carbons (Fsp3) is 0.462. The van der Waals surface area contributed by atoms with E-state index in [1.54, 1.807) is 0 Å². The molecule has 0 radical (unpaired) electrons. The molecule has 34 heavy (non-hydrogen) atoms. The number of hydrogen-bond donors (Lipinski definition) is 2. The molecule has 2 aromatic heterocycles. The maximum absolute atomic E-state index is 13.6. The Kier molecular flexibility index (Phi) is 11.1. The first-order valence-electron chi connectivity index (χ1n) is 12.0. The van der Waals surface area contributed by atoms with Gasteiger partial charge < -0.3 is 10.5 Å².